The molecule has 0 saturated carbocycles. The lowest BCUT2D eigenvalue weighted by Gasteiger charge is -2.35. The van der Waals surface area contributed by atoms with Gasteiger partial charge in [0.15, 0.2) is 0 Å². The van der Waals surface area contributed by atoms with E-state index >= 15 is 0 Å². The highest BCUT2D eigenvalue weighted by molar-refractivity contribution is 7.85. The second-order valence-corrected chi connectivity index (χ2v) is 7.37. The Bertz CT molecular complexity index is 573. The summed E-state index contributed by atoms with van der Waals surface area (Å²) in [6.07, 6.45) is 1.94. The van der Waals surface area contributed by atoms with Gasteiger partial charge in [0.25, 0.3) is 0 Å². The van der Waals surface area contributed by atoms with E-state index in [9.17, 15) is 13.0 Å². The number of likely N-dealkylation sites (tertiary alicyclic amines) is 1. The van der Waals surface area contributed by atoms with Crippen LogP contribution in [0.2, 0.25) is 0 Å². The number of nitrogens with zero attached hydrogens (tertiary/aromatic N) is 1. The summed E-state index contributed by atoms with van der Waals surface area (Å²) >= 11 is 0. The molecule has 1 aliphatic heterocycles. The van der Waals surface area contributed by atoms with Gasteiger partial charge in [-0.15, -0.1) is 0 Å². The fourth-order valence-electron chi connectivity index (χ4n) is 2.11. The number of hydrogen-bond donors (Lipinski definition) is 2. The Balaban J connectivity index is 0.000000219. The largest absolute Gasteiger partial charge is 0.744 e. The van der Waals surface area contributed by atoms with Crippen LogP contribution in [-0.4, -0.2) is 61.0 Å². The molecule has 1 fully saturated rings. The molecule has 0 aromatic heterocycles. The average Bonchev–Trinajstić information content (AvgIpc) is 2.36. The highest BCUT2D eigenvalue weighted by atomic mass is 32.2. The zero-order chi connectivity index (χ0) is 16.3. The molecule has 7 heteroatoms. The van der Waals surface area contributed by atoms with Crippen LogP contribution in [0, 0.1) is 6.92 Å². The van der Waals surface area contributed by atoms with Gasteiger partial charge in [-0.1, -0.05) is 6.07 Å². The molecule has 120 valence electrons. The molecule has 1 heterocycles. The molecule has 1 aromatic carbocycles. The number of aliphatic hydroxyl groups is 1. The monoisotopic (exact) mass is 317 g/mol. The fraction of sp³-hybridized carbons (Fsp3) is 0.571. The Kier molecular flexibility index (Phi) is 5.75. The molecule has 0 amide bonds. The van der Waals surface area contributed by atoms with Gasteiger partial charge in [0.1, 0.15) is 15.9 Å². The van der Waals surface area contributed by atoms with E-state index in [-0.39, 0.29) is 16.7 Å². The summed E-state index contributed by atoms with van der Waals surface area (Å²) in [6, 6.07) is 3.64. The Morgan fingerprint density at radius 2 is 1.76 bits per heavy atom. The second-order valence-electron chi connectivity index (χ2n) is 6.02. The molecule has 0 radical (unpaired) electrons. The first kappa shape index (κ1) is 17.9. The van der Waals surface area contributed by atoms with Gasteiger partial charge < -0.3 is 19.2 Å². The molecule has 0 spiro atoms. The standard InChI is InChI=1S/C7H16NO.C7H8O4S/c1-8(2)5-3-7(9)4-6-8;1-5-2-3-6(8)4-7(5)12(9,10)11/h7,9H,3-6H2,1-2H3;2-4,8H,1H3,(H,9,10,11)/q+1;/p-1. The van der Waals surface area contributed by atoms with Crippen LogP contribution in [0.4, 0.5) is 0 Å². The minimum Gasteiger partial charge on any atom is -0.744 e. The van der Waals surface area contributed by atoms with Crippen molar-refractivity contribution in [2.24, 2.45) is 0 Å². The lowest BCUT2D eigenvalue weighted by molar-refractivity contribution is -0.896. The Morgan fingerprint density at radius 1 is 1.24 bits per heavy atom. The minimum absolute atomic E-state index is 0.0175. The molecule has 1 saturated heterocycles. The maximum Gasteiger partial charge on any atom is 0.124 e. The SMILES string of the molecule is C[N+]1(C)CCC(O)CC1.Cc1ccc(O)cc1S(=O)(=O)[O-]. The Hall–Kier alpha value is -1.15. The summed E-state index contributed by atoms with van der Waals surface area (Å²) in [7, 11) is -0.0377. The summed E-state index contributed by atoms with van der Waals surface area (Å²) in [5.41, 5.74) is 0.336. The van der Waals surface area contributed by atoms with Crippen molar-refractivity contribution in [3.05, 3.63) is 23.8 Å². The summed E-state index contributed by atoms with van der Waals surface area (Å²) in [5.74, 6) is -0.227. The van der Waals surface area contributed by atoms with Crippen molar-refractivity contribution in [3.63, 3.8) is 0 Å². The number of aliphatic hydroxyl groups excluding tert-OH is 1. The Labute approximate surface area is 126 Å². The van der Waals surface area contributed by atoms with Crippen molar-refractivity contribution in [2.45, 2.75) is 30.8 Å². The number of hydrogen-bond acceptors (Lipinski definition) is 5. The van der Waals surface area contributed by atoms with Crippen molar-refractivity contribution in [3.8, 4) is 5.75 Å². The molecule has 2 rings (SSSR count). The van der Waals surface area contributed by atoms with E-state index in [1.54, 1.807) is 0 Å². The van der Waals surface area contributed by atoms with Crippen LogP contribution < -0.4 is 0 Å². The molecular formula is C14H23NO5S. The smallest absolute Gasteiger partial charge is 0.124 e. The first-order valence-corrected chi connectivity index (χ1v) is 8.18. The topological polar surface area (TPSA) is 97.7 Å². The quantitative estimate of drug-likeness (QED) is 0.590. The predicted octanol–water partition coefficient (Wildman–Crippen LogP) is 0.822. The summed E-state index contributed by atoms with van der Waals surface area (Å²) in [6.45, 7) is 3.74. The molecular weight excluding hydrogens is 294 g/mol. The third kappa shape index (κ3) is 6.01. The van der Waals surface area contributed by atoms with Gasteiger partial charge in [-0.25, -0.2) is 8.42 Å². The van der Waals surface area contributed by atoms with E-state index in [1.165, 1.54) is 19.1 Å². The summed E-state index contributed by atoms with van der Waals surface area (Å²) < 4.78 is 32.7. The van der Waals surface area contributed by atoms with E-state index in [0.29, 0.717) is 5.56 Å². The van der Waals surface area contributed by atoms with Crippen molar-refractivity contribution >= 4 is 10.1 Å². The van der Waals surface area contributed by atoms with Gasteiger partial charge in [-0.2, -0.15) is 0 Å². The molecule has 0 atom stereocenters. The van der Waals surface area contributed by atoms with E-state index in [2.05, 4.69) is 14.1 Å². The molecule has 0 bridgehead atoms. The van der Waals surface area contributed by atoms with Crippen LogP contribution >= 0.6 is 0 Å². The summed E-state index contributed by atoms with van der Waals surface area (Å²) in [5, 5.41) is 18.0. The first-order chi connectivity index (χ1) is 9.51. The maximum atomic E-state index is 10.5. The zero-order valence-corrected chi connectivity index (χ0v) is 13.4. The normalized spacial score (nSPS) is 18.7. The van der Waals surface area contributed by atoms with Gasteiger partial charge in [-0.05, 0) is 24.6 Å². The van der Waals surface area contributed by atoms with Gasteiger partial charge >= 0.3 is 0 Å². The highest BCUT2D eigenvalue weighted by Gasteiger charge is 2.23. The molecule has 1 aliphatic rings. The third-order valence-corrected chi connectivity index (χ3v) is 4.55. The van der Waals surface area contributed by atoms with Crippen LogP contribution in [-0.2, 0) is 10.1 Å². The van der Waals surface area contributed by atoms with E-state index < -0.39 is 10.1 Å². The van der Waals surface area contributed by atoms with Crippen molar-refractivity contribution < 1.29 is 27.7 Å². The van der Waals surface area contributed by atoms with Crippen LogP contribution in [0.3, 0.4) is 0 Å². The van der Waals surface area contributed by atoms with E-state index in [4.69, 9.17) is 10.2 Å². The average molecular weight is 317 g/mol. The number of piperidine rings is 1. The molecule has 1 aromatic rings. The van der Waals surface area contributed by atoms with Gasteiger partial charge in [-0.3, -0.25) is 0 Å². The highest BCUT2D eigenvalue weighted by Crippen LogP contribution is 2.19. The van der Waals surface area contributed by atoms with Crippen LogP contribution in [0.15, 0.2) is 23.1 Å². The molecule has 0 unspecified atom stereocenters. The number of aromatic hydroxyl groups is 1. The van der Waals surface area contributed by atoms with Crippen molar-refractivity contribution in [2.75, 3.05) is 27.2 Å². The van der Waals surface area contributed by atoms with Crippen LogP contribution in [0.25, 0.3) is 0 Å². The van der Waals surface area contributed by atoms with Crippen molar-refractivity contribution in [1.82, 2.24) is 0 Å². The molecule has 2 N–H and O–H groups in total. The first-order valence-electron chi connectivity index (χ1n) is 6.77. The minimum atomic E-state index is -4.47. The second kappa shape index (κ2) is 6.74. The fourth-order valence-corrected chi connectivity index (χ4v) is 2.84. The van der Waals surface area contributed by atoms with Gasteiger partial charge in [0, 0.05) is 12.8 Å². The maximum absolute atomic E-state index is 10.5. The van der Waals surface area contributed by atoms with Crippen LogP contribution in [0.1, 0.15) is 18.4 Å². The number of phenolic OH excluding ortho intramolecular Hbond substituents is 1. The molecule has 6 nitrogen and oxygen atoms in total. The predicted molar refractivity (Wildman–Crippen MR) is 77.9 cm³/mol. The number of rotatable bonds is 1. The number of phenols is 1. The number of benzene rings is 1. The van der Waals surface area contributed by atoms with Gasteiger partial charge in [0.2, 0.25) is 0 Å². The van der Waals surface area contributed by atoms with Crippen molar-refractivity contribution in [1.29, 1.82) is 0 Å². The van der Waals surface area contributed by atoms with E-state index in [0.717, 1.165) is 36.5 Å². The number of aryl methyl sites for hydroxylation is 1. The van der Waals surface area contributed by atoms with Crippen LogP contribution in [0.5, 0.6) is 5.75 Å². The molecule has 0 aliphatic carbocycles. The zero-order valence-electron chi connectivity index (χ0n) is 12.6. The van der Waals surface area contributed by atoms with Gasteiger partial charge in [0.05, 0.1) is 38.2 Å². The van der Waals surface area contributed by atoms with E-state index in [1.807, 2.05) is 0 Å². The molecule has 21 heavy (non-hydrogen) atoms. The lowest BCUT2D eigenvalue weighted by atomic mass is 10.1. The summed E-state index contributed by atoms with van der Waals surface area (Å²) in [4.78, 5) is -0.373. The lowest BCUT2D eigenvalue weighted by Crippen LogP contribution is -2.47. The Morgan fingerprint density at radius 3 is 2.14 bits per heavy atom. The third-order valence-electron chi connectivity index (χ3n) is 3.58. The number of quaternary nitrogens is 1.